The van der Waals surface area contributed by atoms with Gasteiger partial charge in [-0.2, -0.15) is 10.4 Å². The largest absolute Gasteiger partial charge is 0.379 e. The molecular formula is C21H24N6OS. The second kappa shape index (κ2) is 9.09. The molecule has 2 N–H and O–H groups in total. The van der Waals surface area contributed by atoms with Gasteiger partial charge in [-0.05, 0) is 42.8 Å². The van der Waals surface area contributed by atoms with Crippen LogP contribution >= 0.6 is 11.3 Å². The molecule has 0 aliphatic carbocycles. The van der Waals surface area contributed by atoms with Gasteiger partial charge in [-0.3, -0.25) is 5.10 Å². The molecule has 1 aliphatic rings. The fourth-order valence-corrected chi connectivity index (χ4v) is 4.13. The summed E-state index contributed by atoms with van der Waals surface area (Å²) in [6, 6.07) is 16.3. The van der Waals surface area contributed by atoms with Gasteiger partial charge >= 0.3 is 0 Å². The molecule has 1 fully saturated rings. The van der Waals surface area contributed by atoms with Crippen molar-refractivity contribution in [1.29, 1.82) is 5.26 Å². The Bertz CT molecular complexity index is 968. The number of nitriles is 1. The van der Waals surface area contributed by atoms with Gasteiger partial charge in [-0.15, -0.1) is 11.3 Å². The number of nitrogens with zero attached hydrogens (tertiary/aromatic N) is 4. The number of thiophene rings is 1. The van der Waals surface area contributed by atoms with Crippen molar-refractivity contribution in [3.05, 3.63) is 47.3 Å². The third kappa shape index (κ3) is 4.59. The molecule has 3 heterocycles. The van der Waals surface area contributed by atoms with Crippen LogP contribution in [0.2, 0.25) is 0 Å². The van der Waals surface area contributed by atoms with Crippen LogP contribution in [0.5, 0.6) is 0 Å². The monoisotopic (exact) mass is 408 g/mol. The van der Waals surface area contributed by atoms with Gasteiger partial charge in [0.2, 0.25) is 0 Å². The molecule has 29 heavy (non-hydrogen) atoms. The molecule has 0 bridgehead atoms. The zero-order valence-electron chi connectivity index (χ0n) is 16.4. The number of morpholine rings is 1. The Morgan fingerprint density at radius 2 is 2.03 bits per heavy atom. The average molecular weight is 409 g/mol. The summed E-state index contributed by atoms with van der Waals surface area (Å²) in [6.45, 7) is 6.59. The first-order valence-electron chi connectivity index (χ1n) is 9.80. The number of benzene rings is 1. The first-order chi connectivity index (χ1) is 14.3. The van der Waals surface area contributed by atoms with Gasteiger partial charge in [0, 0.05) is 31.4 Å². The highest BCUT2D eigenvalue weighted by atomic mass is 32.1. The van der Waals surface area contributed by atoms with Crippen LogP contribution in [0.15, 0.2) is 42.5 Å². The normalized spacial score (nSPS) is 14.5. The van der Waals surface area contributed by atoms with Gasteiger partial charge < -0.3 is 15.1 Å². The van der Waals surface area contributed by atoms with Gasteiger partial charge in [0.25, 0.3) is 0 Å². The van der Waals surface area contributed by atoms with E-state index >= 15 is 0 Å². The van der Waals surface area contributed by atoms with E-state index in [2.05, 4.69) is 62.8 Å². The van der Waals surface area contributed by atoms with Crippen LogP contribution in [0.25, 0.3) is 10.6 Å². The van der Waals surface area contributed by atoms with E-state index in [9.17, 15) is 0 Å². The summed E-state index contributed by atoms with van der Waals surface area (Å²) >= 11 is 1.45. The molecule has 150 valence electrons. The van der Waals surface area contributed by atoms with Crippen molar-refractivity contribution in [1.82, 2.24) is 15.2 Å². The topological polar surface area (TPSA) is 80.2 Å². The standard InChI is InChI=1S/C21H24N6OS/c1-2-9-27(26-10-12-28-13-11-26)17-5-3-16(4-6-17)23-21-14-19(24-25-21)20-8-7-18(15-22)29-20/h3-8,14H,2,9-13H2,1H3,(H2,23,24,25). The number of nitrogens with one attached hydrogen (secondary N) is 2. The number of H-pyrrole nitrogens is 1. The van der Waals surface area contributed by atoms with E-state index in [4.69, 9.17) is 10.00 Å². The smallest absolute Gasteiger partial charge is 0.152 e. The summed E-state index contributed by atoms with van der Waals surface area (Å²) in [5.74, 6) is 0.748. The summed E-state index contributed by atoms with van der Waals surface area (Å²) in [5.41, 5.74) is 3.07. The Morgan fingerprint density at radius 3 is 2.72 bits per heavy atom. The number of aromatic amines is 1. The number of aromatic nitrogens is 2. The van der Waals surface area contributed by atoms with Crippen LogP contribution in [0.4, 0.5) is 17.2 Å². The van der Waals surface area contributed by atoms with Gasteiger partial charge in [0.1, 0.15) is 10.9 Å². The number of anilines is 3. The zero-order valence-corrected chi connectivity index (χ0v) is 17.2. The lowest BCUT2D eigenvalue weighted by Gasteiger charge is -2.38. The molecule has 1 aliphatic heterocycles. The maximum atomic E-state index is 8.99. The number of rotatable bonds is 7. The van der Waals surface area contributed by atoms with Crippen molar-refractivity contribution in [2.45, 2.75) is 13.3 Å². The summed E-state index contributed by atoms with van der Waals surface area (Å²) in [6.07, 6.45) is 1.09. The predicted octanol–water partition coefficient (Wildman–Crippen LogP) is 4.22. The molecule has 8 heteroatoms. The lowest BCUT2D eigenvalue weighted by molar-refractivity contribution is 0.0316. The van der Waals surface area contributed by atoms with Crippen LogP contribution in [-0.2, 0) is 4.74 Å². The Labute approximate surface area is 174 Å². The first kappa shape index (κ1) is 19.5. The van der Waals surface area contributed by atoms with Crippen molar-refractivity contribution < 1.29 is 4.74 Å². The van der Waals surface area contributed by atoms with E-state index in [1.165, 1.54) is 17.0 Å². The number of ether oxygens (including phenoxy) is 1. The minimum absolute atomic E-state index is 0.691. The van der Waals surface area contributed by atoms with Gasteiger partial charge in [0.05, 0.1) is 29.5 Å². The molecule has 2 aromatic heterocycles. The van der Waals surface area contributed by atoms with Crippen molar-refractivity contribution in [3.63, 3.8) is 0 Å². The van der Waals surface area contributed by atoms with Crippen molar-refractivity contribution in [3.8, 4) is 16.6 Å². The minimum Gasteiger partial charge on any atom is -0.379 e. The van der Waals surface area contributed by atoms with E-state index in [1.54, 1.807) is 0 Å². The van der Waals surface area contributed by atoms with Crippen LogP contribution in [0, 0.1) is 11.3 Å². The Kier molecular flexibility index (Phi) is 6.10. The Balaban J connectivity index is 1.44. The van der Waals surface area contributed by atoms with Crippen LogP contribution in [0.3, 0.4) is 0 Å². The number of hydrogen-bond acceptors (Lipinski definition) is 7. The van der Waals surface area contributed by atoms with Crippen LogP contribution < -0.4 is 10.3 Å². The molecule has 0 spiro atoms. The molecule has 0 saturated carbocycles. The fraction of sp³-hybridized carbons (Fsp3) is 0.333. The van der Waals surface area contributed by atoms with Gasteiger partial charge in [0.15, 0.2) is 5.82 Å². The Hall–Kier alpha value is -2.86. The summed E-state index contributed by atoms with van der Waals surface area (Å²) in [7, 11) is 0. The predicted molar refractivity (Wildman–Crippen MR) is 116 cm³/mol. The maximum absolute atomic E-state index is 8.99. The van der Waals surface area contributed by atoms with Crippen molar-refractivity contribution in [2.75, 3.05) is 43.2 Å². The molecule has 4 rings (SSSR count). The molecule has 7 nitrogen and oxygen atoms in total. The van der Waals surface area contributed by atoms with Crippen molar-refractivity contribution >= 4 is 28.5 Å². The molecule has 1 aromatic carbocycles. The van der Waals surface area contributed by atoms with E-state index in [0.29, 0.717) is 4.88 Å². The maximum Gasteiger partial charge on any atom is 0.152 e. The number of hydrogen-bond donors (Lipinski definition) is 2. The van der Waals surface area contributed by atoms with Crippen LogP contribution in [-0.4, -0.2) is 48.1 Å². The fourth-order valence-electron chi connectivity index (χ4n) is 3.36. The quantitative estimate of drug-likeness (QED) is 0.609. The molecular weight excluding hydrogens is 384 g/mol. The second-order valence-corrected chi connectivity index (χ2v) is 7.89. The lowest BCUT2D eigenvalue weighted by atomic mass is 10.2. The molecule has 0 unspecified atom stereocenters. The Morgan fingerprint density at radius 1 is 1.24 bits per heavy atom. The molecule has 0 radical (unpaired) electrons. The number of hydrazine groups is 1. The second-order valence-electron chi connectivity index (χ2n) is 6.80. The summed E-state index contributed by atoms with van der Waals surface area (Å²) < 4.78 is 5.49. The molecule has 0 amide bonds. The van der Waals surface area contributed by atoms with E-state index in [0.717, 1.165) is 61.3 Å². The SMILES string of the molecule is CCCN(c1ccc(Nc2cc(-c3ccc(C#N)s3)[nH]n2)cc1)N1CCOCC1. The van der Waals surface area contributed by atoms with Crippen molar-refractivity contribution in [2.24, 2.45) is 0 Å². The molecule has 1 saturated heterocycles. The van der Waals surface area contributed by atoms with E-state index in [-0.39, 0.29) is 0 Å². The average Bonchev–Trinajstić information content (AvgIpc) is 3.43. The first-order valence-corrected chi connectivity index (χ1v) is 10.6. The molecule has 0 atom stereocenters. The highest BCUT2D eigenvalue weighted by molar-refractivity contribution is 7.15. The highest BCUT2D eigenvalue weighted by Crippen LogP contribution is 2.29. The minimum atomic E-state index is 0.691. The summed E-state index contributed by atoms with van der Waals surface area (Å²) in [5, 5.41) is 24.4. The van der Waals surface area contributed by atoms with Gasteiger partial charge in [-0.1, -0.05) is 6.92 Å². The lowest BCUT2D eigenvalue weighted by Crippen LogP contribution is -2.49. The van der Waals surface area contributed by atoms with Crippen LogP contribution in [0.1, 0.15) is 18.2 Å². The van der Waals surface area contributed by atoms with Gasteiger partial charge in [-0.25, -0.2) is 5.01 Å². The van der Waals surface area contributed by atoms with E-state index < -0.39 is 0 Å². The summed E-state index contributed by atoms with van der Waals surface area (Å²) in [4.78, 5) is 1.69. The zero-order chi connectivity index (χ0) is 20.1. The third-order valence-electron chi connectivity index (χ3n) is 4.76. The van der Waals surface area contributed by atoms with E-state index in [1.807, 2.05) is 18.2 Å². The third-order valence-corrected chi connectivity index (χ3v) is 5.78. The molecule has 3 aromatic rings. The highest BCUT2D eigenvalue weighted by Gasteiger charge is 2.18.